The third-order valence-electron chi connectivity index (χ3n) is 3.02. The third-order valence-corrected chi connectivity index (χ3v) is 3.02. The fourth-order valence-electron chi connectivity index (χ4n) is 2.12. The second-order valence-corrected chi connectivity index (χ2v) is 4.10. The quantitative estimate of drug-likeness (QED) is 0.831. The minimum Gasteiger partial charge on any atom is -0.479 e. The van der Waals surface area contributed by atoms with Gasteiger partial charge in [-0.2, -0.15) is 0 Å². The molecule has 19 heavy (non-hydrogen) atoms. The first-order valence-corrected chi connectivity index (χ1v) is 5.96. The zero-order chi connectivity index (χ0) is 13.8. The SMILES string of the molecule is CCN(C=O)C(C(=O)O)c1cccc2cccnc12. The van der Waals surface area contributed by atoms with Gasteiger partial charge in [-0.15, -0.1) is 0 Å². The molecular weight excluding hydrogens is 244 g/mol. The molecule has 0 bridgehead atoms. The predicted octanol–water partition coefficient (Wildman–Crippen LogP) is 1.84. The maximum Gasteiger partial charge on any atom is 0.331 e. The lowest BCUT2D eigenvalue weighted by atomic mass is 10.0. The van der Waals surface area contributed by atoms with Crippen molar-refractivity contribution < 1.29 is 14.7 Å². The molecule has 0 aliphatic rings. The average Bonchev–Trinajstić information content (AvgIpc) is 2.44. The van der Waals surface area contributed by atoms with Crippen molar-refractivity contribution in [3.63, 3.8) is 0 Å². The highest BCUT2D eigenvalue weighted by Crippen LogP contribution is 2.26. The molecule has 0 saturated heterocycles. The van der Waals surface area contributed by atoms with E-state index in [1.54, 1.807) is 31.3 Å². The van der Waals surface area contributed by atoms with E-state index in [4.69, 9.17) is 0 Å². The fraction of sp³-hybridized carbons (Fsp3) is 0.214. The summed E-state index contributed by atoms with van der Waals surface area (Å²) in [6.07, 6.45) is 2.17. The van der Waals surface area contributed by atoms with Gasteiger partial charge in [-0.3, -0.25) is 9.78 Å². The molecule has 5 heteroatoms. The maximum absolute atomic E-state index is 11.5. The number of amides is 1. The number of para-hydroxylation sites is 1. The van der Waals surface area contributed by atoms with Crippen LogP contribution in [-0.2, 0) is 9.59 Å². The van der Waals surface area contributed by atoms with Crippen molar-refractivity contribution in [2.75, 3.05) is 6.54 Å². The zero-order valence-corrected chi connectivity index (χ0v) is 10.5. The summed E-state index contributed by atoms with van der Waals surface area (Å²) < 4.78 is 0. The Morgan fingerprint density at radius 2 is 2.16 bits per heavy atom. The highest BCUT2D eigenvalue weighted by Gasteiger charge is 2.27. The van der Waals surface area contributed by atoms with Gasteiger partial charge in [0.1, 0.15) is 0 Å². The highest BCUT2D eigenvalue weighted by atomic mass is 16.4. The van der Waals surface area contributed by atoms with Gasteiger partial charge in [0.05, 0.1) is 5.52 Å². The summed E-state index contributed by atoms with van der Waals surface area (Å²) in [5.41, 5.74) is 1.14. The molecule has 0 saturated carbocycles. The van der Waals surface area contributed by atoms with E-state index in [2.05, 4.69) is 4.98 Å². The van der Waals surface area contributed by atoms with Crippen molar-refractivity contribution >= 4 is 23.3 Å². The molecule has 1 atom stereocenters. The smallest absolute Gasteiger partial charge is 0.331 e. The monoisotopic (exact) mass is 258 g/mol. The number of hydrogen-bond acceptors (Lipinski definition) is 3. The summed E-state index contributed by atoms with van der Waals surface area (Å²) in [6, 6.07) is 7.97. The molecular formula is C14H14N2O3. The first kappa shape index (κ1) is 13.0. The summed E-state index contributed by atoms with van der Waals surface area (Å²) in [5.74, 6) is -1.06. The highest BCUT2D eigenvalue weighted by molar-refractivity contribution is 5.88. The first-order chi connectivity index (χ1) is 9.19. The standard InChI is InChI=1S/C14H14N2O3/c1-2-16(9-17)13(14(18)19)11-7-3-5-10-6-4-8-15-12(10)11/h3-9,13H,2H2,1H3,(H,18,19). The number of carbonyl (C=O) groups excluding carboxylic acids is 1. The molecule has 98 valence electrons. The van der Waals surface area contributed by atoms with Crippen molar-refractivity contribution in [2.24, 2.45) is 0 Å². The Labute approximate surface area is 110 Å². The van der Waals surface area contributed by atoms with Crippen molar-refractivity contribution in [3.8, 4) is 0 Å². The summed E-state index contributed by atoms with van der Waals surface area (Å²) in [7, 11) is 0. The van der Waals surface area contributed by atoms with E-state index in [1.807, 2.05) is 12.1 Å². The van der Waals surface area contributed by atoms with Gasteiger partial charge >= 0.3 is 5.97 Å². The lowest BCUT2D eigenvalue weighted by Gasteiger charge is -2.24. The molecule has 0 radical (unpaired) electrons. The zero-order valence-electron chi connectivity index (χ0n) is 10.5. The minimum atomic E-state index is -1.06. The molecule has 1 N–H and O–H groups in total. The number of carboxylic acid groups (broad SMARTS) is 1. The number of benzene rings is 1. The molecule has 1 aromatic carbocycles. The Kier molecular flexibility index (Phi) is 3.75. The molecule has 2 rings (SSSR count). The Morgan fingerprint density at radius 1 is 1.42 bits per heavy atom. The third kappa shape index (κ3) is 2.40. The Bertz CT molecular complexity index is 607. The first-order valence-electron chi connectivity index (χ1n) is 5.96. The number of hydrogen-bond donors (Lipinski definition) is 1. The average molecular weight is 258 g/mol. The Morgan fingerprint density at radius 3 is 2.79 bits per heavy atom. The summed E-state index contributed by atoms with van der Waals surface area (Å²) in [5, 5.41) is 10.2. The van der Waals surface area contributed by atoms with Crippen LogP contribution in [0.4, 0.5) is 0 Å². The van der Waals surface area contributed by atoms with Crippen LogP contribution in [0.15, 0.2) is 36.5 Å². The van der Waals surface area contributed by atoms with Crippen LogP contribution in [0.25, 0.3) is 10.9 Å². The van der Waals surface area contributed by atoms with Crippen molar-refractivity contribution in [1.82, 2.24) is 9.88 Å². The number of aliphatic carboxylic acids is 1. The van der Waals surface area contributed by atoms with Crippen LogP contribution in [0.3, 0.4) is 0 Å². The van der Waals surface area contributed by atoms with Crippen LogP contribution in [0, 0.1) is 0 Å². The maximum atomic E-state index is 11.5. The van der Waals surface area contributed by atoms with E-state index >= 15 is 0 Å². The van der Waals surface area contributed by atoms with E-state index in [0.717, 1.165) is 5.39 Å². The van der Waals surface area contributed by atoms with E-state index in [9.17, 15) is 14.7 Å². The number of carbonyl (C=O) groups is 2. The van der Waals surface area contributed by atoms with Crippen LogP contribution < -0.4 is 0 Å². The topological polar surface area (TPSA) is 70.5 Å². The Balaban J connectivity index is 2.62. The summed E-state index contributed by atoms with van der Waals surface area (Å²) in [4.78, 5) is 28.0. The number of pyridine rings is 1. The molecule has 2 aromatic rings. The van der Waals surface area contributed by atoms with Gasteiger partial charge < -0.3 is 10.0 Å². The van der Waals surface area contributed by atoms with Crippen LogP contribution in [0.1, 0.15) is 18.5 Å². The summed E-state index contributed by atoms with van der Waals surface area (Å²) in [6.45, 7) is 2.06. The fourth-order valence-corrected chi connectivity index (χ4v) is 2.12. The molecule has 1 aromatic heterocycles. The molecule has 0 spiro atoms. The van der Waals surface area contributed by atoms with E-state index in [1.165, 1.54) is 4.90 Å². The van der Waals surface area contributed by atoms with Crippen LogP contribution in [-0.4, -0.2) is 33.9 Å². The second-order valence-electron chi connectivity index (χ2n) is 4.10. The van der Waals surface area contributed by atoms with Gasteiger partial charge in [0.25, 0.3) is 0 Å². The van der Waals surface area contributed by atoms with Gasteiger partial charge in [-0.05, 0) is 13.0 Å². The van der Waals surface area contributed by atoms with Gasteiger partial charge in [-0.1, -0.05) is 24.3 Å². The summed E-state index contributed by atoms with van der Waals surface area (Å²) >= 11 is 0. The van der Waals surface area contributed by atoms with Crippen LogP contribution in [0.2, 0.25) is 0 Å². The molecule has 1 amide bonds. The second kappa shape index (κ2) is 5.48. The van der Waals surface area contributed by atoms with E-state index in [0.29, 0.717) is 24.0 Å². The predicted molar refractivity (Wildman–Crippen MR) is 70.6 cm³/mol. The van der Waals surface area contributed by atoms with Crippen LogP contribution >= 0.6 is 0 Å². The van der Waals surface area contributed by atoms with Gasteiger partial charge in [0.2, 0.25) is 6.41 Å². The number of likely N-dealkylation sites (N-methyl/N-ethyl adjacent to an activating group) is 1. The number of rotatable bonds is 5. The van der Waals surface area contributed by atoms with Gasteiger partial charge in [-0.25, -0.2) is 4.79 Å². The number of nitrogens with zero attached hydrogens (tertiary/aromatic N) is 2. The Hall–Kier alpha value is -2.43. The molecule has 0 aliphatic heterocycles. The number of fused-ring (bicyclic) bond motifs is 1. The number of carboxylic acids is 1. The largest absolute Gasteiger partial charge is 0.479 e. The van der Waals surface area contributed by atoms with Crippen molar-refractivity contribution in [3.05, 3.63) is 42.1 Å². The lowest BCUT2D eigenvalue weighted by molar-refractivity contribution is -0.146. The molecule has 1 unspecified atom stereocenters. The molecule has 0 aliphatic carbocycles. The minimum absolute atomic E-state index is 0.323. The van der Waals surface area contributed by atoms with Gasteiger partial charge in [0, 0.05) is 23.7 Å². The van der Waals surface area contributed by atoms with Gasteiger partial charge in [0.15, 0.2) is 6.04 Å². The molecule has 0 fully saturated rings. The molecule has 1 heterocycles. The van der Waals surface area contributed by atoms with Crippen molar-refractivity contribution in [2.45, 2.75) is 13.0 Å². The number of aromatic nitrogens is 1. The lowest BCUT2D eigenvalue weighted by Crippen LogP contribution is -2.33. The normalized spacial score (nSPS) is 12.1. The van der Waals surface area contributed by atoms with Crippen molar-refractivity contribution in [1.29, 1.82) is 0 Å². The van der Waals surface area contributed by atoms with E-state index < -0.39 is 12.0 Å². The van der Waals surface area contributed by atoms with Crippen LogP contribution in [0.5, 0.6) is 0 Å². The van der Waals surface area contributed by atoms with E-state index in [-0.39, 0.29) is 0 Å². The molecule has 5 nitrogen and oxygen atoms in total.